The largest absolute Gasteiger partial charge is 0.371 e. The summed E-state index contributed by atoms with van der Waals surface area (Å²) in [6, 6.07) is 0. The molecule has 0 N–H and O–H groups in total. The number of nitrogens with zero attached hydrogens (tertiary/aromatic N) is 1. The Hall–Kier alpha value is -0.220. The van der Waals surface area contributed by atoms with Gasteiger partial charge >= 0.3 is 0 Å². The second kappa shape index (κ2) is 7.39. The van der Waals surface area contributed by atoms with Crippen LogP contribution in [0, 0.1) is 5.92 Å². The van der Waals surface area contributed by atoms with Crippen molar-refractivity contribution in [1.82, 2.24) is 4.90 Å². The van der Waals surface area contributed by atoms with Crippen LogP contribution in [-0.4, -0.2) is 38.7 Å². The van der Waals surface area contributed by atoms with E-state index in [1.807, 2.05) is 25.1 Å². The molecule has 1 aliphatic rings. The zero-order valence-electron chi connectivity index (χ0n) is 11.7. The highest BCUT2D eigenvalue weighted by Crippen LogP contribution is 2.27. The van der Waals surface area contributed by atoms with Gasteiger partial charge in [0.15, 0.2) is 0 Å². The molecular weight excluding hydrogens is 262 g/mol. The summed E-state index contributed by atoms with van der Waals surface area (Å²) in [4.78, 5) is 2.71. The molecule has 1 saturated carbocycles. The molecule has 0 aromatic heterocycles. The molecule has 0 amide bonds. The highest BCUT2D eigenvalue weighted by atomic mass is 32.2. The molecule has 0 spiro atoms. The fraction of sp³-hybridized carbons (Fsp3) is 0.786. The van der Waals surface area contributed by atoms with Crippen LogP contribution in [-0.2, 0) is 10.8 Å². The summed E-state index contributed by atoms with van der Waals surface area (Å²) in [6.45, 7) is 5.90. The lowest BCUT2D eigenvalue weighted by molar-refractivity contribution is 0.499. The first-order valence-electron chi connectivity index (χ1n) is 6.72. The average Bonchev–Trinajstić information content (AvgIpc) is 2.39. The van der Waals surface area contributed by atoms with Crippen molar-refractivity contribution in [2.75, 3.05) is 14.1 Å². The third-order valence-electron chi connectivity index (χ3n) is 3.66. The molecule has 0 saturated heterocycles. The minimum Gasteiger partial charge on any atom is -0.371 e. The van der Waals surface area contributed by atoms with Crippen molar-refractivity contribution in [3.63, 3.8) is 0 Å². The lowest BCUT2D eigenvalue weighted by Gasteiger charge is -2.31. The maximum absolute atomic E-state index is 12.8. The van der Waals surface area contributed by atoms with E-state index in [-0.39, 0.29) is 11.2 Å². The van der Waals surface area contributed by atoms with E-state index >= 15 is 0 Å². The second-order valence-electron chi connectivity index (χ2n) is 5.34. The van der Waals surface area contributed by atoms with Gasteiger partial charge in [-0.1, -0.05) is 44.5 Å². The fourth-order valence-electron chi connectivity index (χ4n) is 2.42. The molecule has 2 nitrogen and oxygen atoms in total. The van der Waals surface area contributed by atoms with Gasteiger partial charge in [0.05, 0.1) is 10.2 Å². The molecule has 4 heteroatoms. The number of rotatable bonds is 5. The van der Waals surface area contributed by atoms with Crippen molar-refractivity contribution in [2.24, 2.45) is 5.92 Å². The molecule has 0 heterocycles. The third-order valence-corrected chi connectivity index (χ3v) is 6.71. The average molecular weight is 287 g/mol. The molecule has 0 aliphatic heterocycles. The number of allylic oxidation sites excluding steroid dienone is 1. The fourth-order valence-corrected chi connectivity index (χ4v) is 5.07. The minimum absolute atomic E-state index is 0.0596. The third kappa shape index (κ3) is 3.89. The first kappa shape index (κ1) is 15.8. The highest BCUT2D eigenvalue weighted by molar-refractivity contribution is 7.90. The smallest absolute Gasteiger partial charge is 0.0938 e. The molecule has 1 aliphatic carbocycles. The Morgan fingerprint density at radius 3 is 2.39 bits per heavy atom. The second-order valence-corrected chi connectivity index (χ2v) is 7.59. The summed E-state index contributed by atoms with van der Waals surface area (Å²) in [7, 11) is 2.99. The molecule has 0 radical (unpaired) electrons. The van der Waals surface area contributed by atoms with E-state index in [9.17, 15) is 4.21 Å². The van der Waals surface area contributed by atoms with E-state index in [4.69, 9.17) is 12.2 Å². The summed E-state index contributed by atoms with van der Waals surface area (Å²) in [5.74, 6) is 0.169. The first-order valence-corrected chi connectivity index (χ1v) is 8.40. The summed E-state index contributed by atoms with van der Waals surface area (Å²) < 4.78 is 12.8. The van der Waals surface area contributed by atoms with E-state index in [2.05, 4.69) is 13.5 Å². The van der Waals surface area contributed by atoms with Gasteiger partial charge in [-0.25, -0.2) is 0 Å². The van der Waals surface area contributed by atoms with Gasteiger partial charge in [-0.3, -0.25) is 4.21 Å². The quantitative estimate of drug-likeness (QED) is 0.572. The lowest BCUT2D eigenvalue weighted by atomic mass is 10.0. The van der Waals surface area contributed by atoms with E-state index in [0.29, 0.717) is 5.25 Å². The van der Waals surface area contributed by atoms with Gasteiger partial charge in [0.1, 0.15) is 0 Å². The predicted octanol–water partition coefficient (Wildman–Crippen LogP) is 3.15. The molecule has 1 fully saturated rings. The van der Waals surface area contributed by atoms with Crippen LogP contribution in [0.1, 0.15) is 39.0 Å². The van der Waals surface area contributed by atoms with E-state index in [1.165, 1.54) is 19.3 Å². The van der Waals surface area contributed by atoms with Gasteiger partial charge in [0, 0.05) is 30.1 Å². The van der Waals surface area contributed by atoms with Gasteiger partial charge in [0.2, 0.25) is 0 Å². The van der Waals surface area contributed by atoms with Crippen molar-refractivity contribution in [3.8, 4) is 0 Å². The maximum atomic E-state index is 12.8. The topological polar surface area (TPSA) is 20.3 Å². The molecule has 18 heavy (non-hydrogen) atoms. The highest BCUT2D eigenvalue weighted by Gasteiger charge is 2.33. The van der Waals surface area contributed by atoms with Crippen LogP contribution in [0.15, 0.2) is 12.7 Å². The number of hydrogen-bond donors (Lipinski definition) is 0. The van der Waals surface area contributed by atoms with Crippen molar-refractivity contribution >= 4 is 28.0 Å². The van der Waals surface area contributed by atoms with Crippen LogP contribution in [0.25, 0.3) is 0 Å². The summed E-state index contributed by atoms with van der Waals surface area (Å²) >= 11 is 5.47. The predicted molar refractivity (Wildman–Crippen MR) is 84.4 cm³/mol. The van der Waals surface area contributed by atoms with Crippen LogP contribution >= 0.6 is 12.2 Å². The molecule has 0 aromatic carbocycles. The van der Waals surface area contributed by atoms with E-state index in [1.54, 1.807) is 0 Å². The van der Waals surface area contributed by atoms with Gasteiger partial charge < -0.3 is 4.90 Å². The first-order chi connectivity index (χ1) is 8.49. The number of thiocarbonyl (C=S) groups is 1. The maximum Gasteiger partial charge on any atom is 0.0938 e. The Balaban J connectivity index is 2.84. The summed E-state index contributed by atoms with van der Waals surface area (Å²) in [6.07, 6.45) is 7.75. The summed E-state index contributed by atoms with van der Waals surface area (Å²) in [5.41, 5.74) is 0. The zero-order valence-corrected chi connectivity index (χ0v) is 13.4. The molecule has 0 bridgehead atoms. The van der Waals surface area contributed by atoms with Gasteiger partial charge in [-0.05, 0) is 18.8 Å². The van der Waals surface area contributed by atoms with Crippen molar-refractivity contribution in [2.45, 2.75) is 49.5 Å². The van der Waals surface area contributed by atoms with Crippen LogP contribution in [0.4, 0.5) is 0 Å². The normalized spacial score (nSPS) is 21.9. The molecule has 0 aromatic rings. The Kier molecular flexibility index (Phi) is 6.50. The molecular formula is C14H25NOS2. The van der Waals surface area contributed by atoms with Crippen LogP contribution in [0.5, 0.6) is 0 Å². The van der Waals surface area contributed by atoms with Crippen LogP contribution in [0.3, 0.4) is 0 Å². The van der Waals surface area contributed by atoms with Crippen LogP contribution in [0.2, 0.25) is 0 Å². The zero-order chi connectivity index (χ0) is 13.7. The number of hydrogen-bond acceptors (Lipinski definition) is 2. The lowest BCUT2D eigenvalue weighted by Crippen LogP contribution is -2.42. The van der Waals surface area contributed by atoms with Gasteiger partial charge in [-0.15, -0.1) is 6.58 Å². The van der Waals surface area contributed by atoms with Crippen molar-refractivity contribution in [1.29, 1.82) is 0 Å². The van der Waals surface area contributed by atoms with E-state index < -0.39 is 10.8 Å². The molecule has 1 rings (SSSR count). The summed E-state index contributed by atoms with van der Waals surface area (Å²) in [5, 5.41) is 0.264. The SMILES string of the molecule is C=C[C@@H](C)[C@@H](C(=S)N(C)C)[S@@](=O)C1CCCCC1. The monoisotopic (exact) mass is 287 g/mol. The minimum atomic E-state index is -0.879. The van der Waals surface area contributed by atoms with Gasteiger partial charge in [-0.2, -0.15) is 0 Å². The Morgan fingerprint density at radius 2 is 1.94 bits per heavy atom. The van der Waals surface area contributed by atoms with Crippen LogP contribution < -0.4 is 0 Å². The molecule has 3 atom stereocenters. The standard InChI is InChI=1S/C14H25NOS2/c1-5-11(2)13(14(17)15(3)4)18(16)12-9-7-6-8-10-12/h5,11-13H,1,6-10H2,2-4H3/t11-,13+,18+/m1/s1. The Morgan fingerprint density at radius 1 is 1.39 bits per heavy atom. The molecule has 0 unspecified atom stereocenters. The molecule has 104 valence electrons. The Labute approximate surface area is 119 Å². The van der Waals surface area contributed by atoms with E-state index in [0.717, 1.165) is 17.8 Å². The Bertz CT molecular complexity index is 322. The van der Waals surface area contributed by atoms with Gasteiger partial charge in [0.25, 0.3) is 0 Å². The van der Waals surface area contributed by atoms with Crippen molar-refractivity contribution < 1.29 is 4.21 Å². The van der Waals surface area contributed by atoms with Crippen molar-refractivity contribution in [3.05, 3.63) is 12.7 Å².